The van der Waals surface area contributed by atoms with Gasteiger partial charge in [0.25, 0.3) is 0 Å². The molecule has 0 rings (SSSR count). The summed E-state index contributed by atoms with van der Waals surface area (Å²) in [6, 6.07) is -3.85. The fourth-order valence-corrected chi connectivity index (χ4v) is 7.33. The van der Waals surface area contributed by atoms with Gasteiger partial charge in [0.1, 0.15) is 0 Å². The van der Waals surface area contributed by atoms with Gasteiger partial charge in [0.15, 0.2) is 11.9 Å². The first kappa shape index (κ1) is 68.0. The zero-order chi connectivity index (χ0) is 54.7. The molecular formula is C47H99N19O7. The third-order valence-corrected chi connectivity index (χ3v) is 11.9. The van der Waals surface area contributed by atoms with E-state index in [1.807, 2.05) is 0 Å². The molecule has 0 unspecified atom stereocenters. The lowest BCUT2D eigenvalue weighted by atomic mass is 10.1. The average Bonchev–Trinajstić information content (AvgIpc) is 3.35. The van der Waals surface area contributed by atoms with Gasteiger partial charge < -0.3 is 98.9 Å². The van der Waals surface area contributed by atoms with E-state index in [9.17, 15) is 28.8 Å². The molecule has 26 heteroatoms. The highest BCUT2D eigenvalue weighted by Gasteiger charge is 2.18. The van der Waals surface area contributed by atoms with E-state index in [-0.39, 0.29) is 47.4 Å². The molecule has 0 heterocycles. The van der Waals surface area contributed by atoms with Gasteiger partial charge >= 0.3 is 0 Å². The van der Waals surface area contributed by atoms with Crippen molar-refractivity contribution in [3.63, 3.8) is 0 Å². The number of unbranched alkanes of at least 4 members (excludes halogenated alkanes) is 6. The minimum atomic E-state index is -0.665. The predicted octanol–water partition coefficient (Wildman–Crippen LogP) is -4.06. The maximum Gasteiger partial charge on any atom is 0.236 e. The Labute approximate surface area is 434 Å². The van der Waals surface area contributed by atoms with Crippen LogP contribution in [-0.4, -0.2) is 174 Å². The number of nitrogens with zero attached hydrogens (tertiary/aromatic N) is 3. The Morgan fingerprint density at radius 2 is 0.603 bits per heavy atom. The van der Waals surface area contributed by atoms with Crippen molar-refractivity contribution >= 4 is 47.4 Å². The summed E-state index contributed by atoms with van der Waals surface area (Å²) in [7, 11) is 1.64. The summed E-state index contributed by atoms with van der Waals surface area (Å²) in [6.07, 6.45) is 12.6. The van der Waals surface area contributed by atoms with Crippen LogP contribution in [0, 0.1) is 0 Å². The van der Waals surface area contributed by atoms with Gasteiger partial charge in [-0.15, -0.1) is 0 Å². The van der Waals surface area contributed by atoms with Crippen LogP contribution in [0.3, 0.4) is 0 Å². The second-order valence-corrected chi connectivity index (χ2v) is 18.5. The van der Waals surface area contributed by atoms with E-state index in [1.165, 1.54) is 0 Å². The lowest BCUT2D eigenvalue weighted by Gasteiger charge is -2.22. The van der Waals surface area contributed by atoms with E-state index in [0.717, 1.165) is 25.7 Å². The molecule has 0 radical (unpaired) electrons. The maximum absolute atomic E-state index is 12.6. The second-order valence-electron chi connectivity index (χ2n) is 18.5. The summed E-state index contributed by atoms with van der Waals surface area (Å²) >= 11 is 0. The Balaban J connectivity index is 4.10. The van der Waals surface area contributed by atoms with Gasteiger partial charge in [-0.2, -0.15) is 0 Å². The summed E-state index contributed by atoms with van der Waals surface area (Å²) in [5.74, 6) is -1.29. The molecule has 0 saturated carbocycles. The number of hydrogen-bond acceptors (Lipinski definition) is 16. The van der Waals surface area contributed by atoms with Gasteiger partial charge in [0, 0.05) is 66.0 Å². The standard InChI is InChI=1S/C47H99N19O7/c1-73-33-32-66(30-14-28-62-44(71)38(52)18-4-10-24-58-40(67)34(48)16-2-8-22-60-42(69)36(50)20-6-12-26-64-46(54)55)31-15-29-63-45(72)39(53)19-5-11-25-59-41(68)35(49)17-3-9-23-61-43(70)37(51)21-7-13-27-65-47(56)57/h34-39H,2-33,48-53H2,1H3,(H,58,67)(H,59,68)(H,60,69)(H,61,70)(H,62,71)(H,63,72)(H4,54,55,64)(H4,56,57,65)/t34-,35-,36-,37-,38-,39-/m0/s1. The molecule has 0 aromatic carbocycles. The van der Waals surface area contributed by atoms with E-state index < -0.39 is 36.3 Å². The predicted molar refractivity (Wildman–Crippen MR) is 288 cm³/mol. The molecule has 0 aliphatic carbocycles. The van der Waals surface area contributed by atoms with Crippen molar-refractivity contribution in [2.24, 2.45) is 67.3 Å². The molecule has 26 N–H and O–H groups in total. The molecule has 6 amide bonds. The summed E-state index contributed by atoms with van der Waals surface area (Å²) < 4.78 is 5.27. The molecule has 0 aliphatic heterocycles. The topological polar surface area (TPSA) is 472 Å². The van der Waals surface area contributed by atoms with Crippen LogP contribution in [0.25, 0.3) is 0 Å². The van der Waals surface area contributed by atoms with Crippen molar-refractivity contribution < 1.29 is 33.5 Å². The highest BCUT2D eigenvalue weighted by atomic mass is 16.5. The van der Waals surface area contributed by atoms with E-state index >= 15 is 0 Å². The highest BCUT2D eigenvalue weighted by Crippen LogP contribution is 2.06. The minimum absolute atomic E-state index is 0.0416. The monoisotopic (exact) mass is 1040 g/mol. The number of rotatable bonds is 47. The molecule has 0 fully saturated rings. The van der Waals surface area contributed by atoms with Crippen LogP contribution in [0.1, 0.15) is 128 Å². The van der Waals surface area contributed by atoms with Crippen LogP contribution in [0.5, 0.6) is 0 Å². The van der Waals surface area contributed by atoms with Crippen molar-refractivity contribution in [2.45, 2.75) is 165 Å². The Morgan fingerprint density at radius 1 is 0.370 bits per heavy atom. The molecule has 424 valence electrons. The number of nitrogens with two attached hydrogens (primary N) is 10. The van der Waals surface area contributed by atoms with Crippen LogP contribution in [0.4, 0.5) is 0 Å². The maximum atomic E-state index is 12.6. The van der Waals surface area contributed by atoms with Gasteiger partial charge in [0.2, 0.25) is 35.4 Å². The summed E-state index contributed by atoms with van der Waals surface area (Å²) in [5, 5.41) is 17.1. The number of nitrogens with one attached hydrogen (secondary N) is 6. The van der Waals surface area contributed by atoms with Gasteiger partial charge in [0.05, 0.1) is 42.9 Å². The highest BCUT2D eigenvalue weighted by molar-refractivity contribution is 5.83. The van der Waals surface area contributed by atoms with Crippen LogP contribution in [0.15, 0.2) is 9.98 Å². The van der Waals surface area contributed by atoms with E-state index in [2.05, 4.69) is 46.8 Å². The quantitative estimate of drug-likeness (QED) is 0.0157. The Kier molecular flexibility index (Phi) is 41.5. The molecular weight excluding hydrogens is 943 g/mol. The first-order chi connectivity index (χ1) is 34.9. The Bertz CT molecular complexity index is 1460. The summed E-state index contributed by atoms with van der Waals surface area (Å²) in [4.78, 5) is 84.5. The zero-order valence-corrected chi connectivity index (χ0v) is 44.1. The van der Waals surface area contributed by atoms with Crippen LogP contribution in [-0.2, 0) is 33.5 Å². The van der Waals surface area contributed by atoms with Crippen LogP contribution >= 0.6 is 0 Å². The fourth-order valence-electron chi connectivity index (χ4n) is 7.33. The van der Waals surface area contributed by atoms with Crippen LogP contribution in [0.2, 0.25) is 0 Å². The normalized spacial score (nSPS) is 13.6. The number of carbonyl (C=O) groups is 6. The molecule has 0 saturated heterocycles. The number of ether oxygens (including phenoxy) is 1. The lowest BCUT2D eigenvalue weighted by molar-refractivity contribution is -0.123. The zero-order valence-electron chi connectivity index (χ0n) is 44.1. The molecule has 0 bridgehead atoms. The van der Waals surface area contributed by atoms with Crippen molar-refractivity contribution in [1.29, 1.82) is 0 Å². The summed E-state index contributed by atoms with van der Waals surface area (Å²) in [5.41, 5.74) is 57.5. The molecule has 0 aromatic rings. The van der Waals surface area contributed by atoms with E-state index in [1.54, 1.807) is 7.11 Å². The van der Waals surface area contributed by atoms with Gasteiger partial charge in [-0.1, -0.05) is 0 Å². The SMILES string of the molecule is COCCN(CCCNC(=O)[C@@H](N)CCCCNC(=O)[C@@H](N)CCCCNC(=O)[C@@H](N)CCCCN=C(N)N)CCCNC(=O)[C@@H](N)CCCCNC(=O)[C@@H](N)CCCCNC(=O)[C@@H](N)CCCCN=C(N)N. The lowest BCUT2D eigenvalue weighted by Crippen LogP contribution is -2.43. The average molecular weight is 1040 g/mol. The Hall–Kier alpha value is -4.96. The van der Waals surface area contributed by atoms with Crippen molar-refractivity contribution in [2.75, 3.05) is 85.7 Å². The third kappa shape index (κ3) is 39.2. The first-order valence-corrected chi connectivity index (χ1v) is 26.4. The largest absolute Gasteiger partial charge is 0.383 e. The molecule has 73 heavy (non-hydrogen) atoms. The van der Waals surface area contributed by atoms with Gasteiger partial charge in [-0.25, -0.2) is 0 Å². The van der Waals surface area contributed by atoms with Crippen molar-refractivity contribution in [3.8, 4) is 0 Å². The van der Waals surface area contributed by atoms with Crippen LogP contribution < -0.4 is 89.2 Å². The number of hydrogen-bond donors (Lipinski definition) is 16. The Morgan fingerprint density at radius 3 is 0.836 bits per heavy atom. The van der Waals surface area contributed by atoms with Gasteiger partial charge in [-0.05, 0) is 142 Å². The fraction of sp³-hybridized carbons (Fsp3) is 0.830. The summed E-state index contributed by atoms with van der Waals surface area (Å²) in [6.45, 7) is 6.32. The van der Waals surface area contributed by atoms with E-state index in [4.69, 9.17) is 62.1 Å². The second kappa shape index (κ2) is 44.5. The first-order valence-electron chi connectivity index (χ1n) is 26.4. The minimum Gasteiger partial charge on any atom is -0.383 e. The van der Waals surface area contributed by atoms with E-state index in [0.29, 0.717) is 181 Å². The number of aliphatic imine (C=N–C) groups is 2. The number of amides is 6. The molecule has 26 nitrogen and oxygen atoms in total. The number of guanidine groups is 2. The molecule has 6 atom stereocenters. The molecule has 0 aliphatic rings. The molecule has 0 spiro atoms. The van der Waals surface area contributed by atoms with Gasteiger partial charge in [-0.3, -0.25) is 38.8 Å². The van der Waals surface area contributed by atoms with Crippen molar-refractivity contribution in [1.82, 2.24) is 36.8 Å². The molecule has 0 aromatic heterocycles. The smallest absolute Gasteiger partial charge is 0.236 e. The number of carbonyl (C=O) groups excluding carboxylic acids is 6. The number of methoxy groups -OCH3 is 1. The van der Waals surface area contributed by atoms with Crippen molar-refractivity contribution in [3.05, 3.63) is 0 Å². The third-order valence-electron chi connectivity index (χ3n) is 11.9.